The molecule has 4 N–H and O–H groups in total. The van der Waals surface area contributed by atoms with E-state index in [1.54, 1.807) is 0 Å². The smallest absolute Gasteiger partial charge is 0.282 e. The van der Waals surface area contributed by atoms with E-state index in [0.717, 1.165) is 18.2 Å². The van der Waals surface area contributed by atoms with Gasteiger partial charge in [0.05, 0.1) is 25.8 Å². The maximum atomic E-state index is 14.4. The normalized spacial score (nSPS) is 18.6. The number of rotatable bonds is 6. The highest BCUT2D eigenvalue weighted by Crippen LogP contribution is 2.38. The minimum atomic E-state index is -1.28. The molecule has 0 saturated carbocycles. The molecule has 1 amide bonds. The van der Waals surface area contributed by atoms with E-state index in [1.165, 1.54) is 21.7 Å². The van der Waals surface area contributed by atoms with E-state index in [0.29, 0.717) is 0 Å². The van der Waals surface area contributed by atoms with Crippen molar-refractivity contribution in [1.29, 1.82) is 0 Å². The number of carbonyl (C=O) groups is 1. The van der Waals surface area contributed by atoms with Gasteiger partial charge in [0.1, 0.15) is 29.2 Å². The van der Waals surface area contributed by atoms with Gasteiger partial charge in [-0.25, -0.2) is 28.2 Å². The molecular weight excluding hydrogens is 417 g/mol. The number of carbonyl (C=O) groups excluding carboxylic acids is 1. The van der Waals surface area contributed by atoms with Crippen molar-refractivity contribution in [2.75, 3.05) is 30.4 Å². The van der Waals surface area contributed by atoms with E-state index in [4.69, 9.17) is 15.7 Å². The Hall–Kier alpha value is -3.38. The van der Waals surface area contributed by atoms with Gasteiger partial charge in [-0.05, 0) is 24.3 Å². The second kappa shape index (κ2) is 8.40. The van der Waals surface area contributed by atoms with E-state index in [-0.39, 0.29) is 54.6 Å². The summed E-state index contributed by atoms with van der Waals surface area (Å²) in [7, 11) is 0. The molecule has 0 spiro atoms. The van der Waals surface area contributed by atoms with E-state index >= 15 is 0 Å². The van der Waals surface area contributed by atoms with Gasteiger partial charge >= 0.3 is 0 Å². The molecule has 0 aliphatic carbocycles. The third kappa shape index (κ3) is 3.99. The van der Waals surface area contributed by atoms with Gasteiger partial charge < -0.3 is 15.7 Å². The lowest BCUT2D eigenvalue weighted by molar-refractivity contribution is 0.0170. The van der Waals surface area contributed by atoms with Crippen LogP contribution in [0.3, 0.4) is 0 Å². The van der Waals surface area contributed by atoms with Crippen LogP contribution in [-0.2, 0) is 4.84 Å². The molecule has 2 aromatic heterocycles. The number of benzene rings is 1. The number of halogens is 3. The van der Waals surface area contributed by atoms with Crippen molar-refractivity contribution in [3.8, 4) is 0 Å². The van der Waals surface area contributed by atoms with Gasteiger partial charge in [0.25, 0.3) is 5.91 Å². The number of nitrogens with zero attached hydrogens (tertiary/aromatic N) is 4. The van der Waals surface area contributed by atoms with Gasteiger partial charge in [-0.15, -0.1) is 5.10 Å². The topological polar surface area (TPSA) is 118 Å². The molecule has 12 heteroatoms. The summed E-state index contributed by atoms with van der Waals surface area (Å²) in [6.07, 6.45) is 0.149. The number of hydroxylamine groups is 1. The zero-order valence-corrected chi connectivity index (χ0v) is 16.1. The largest absolute Gasteiger partial charge is 0.394 e. The quantitative estimate of drug-likeness (QED) is 0.396. The Morgan fingerprint density at radius 3 is 2.94 bits per heavy atom. The average Bonchev–Trinajstić information content (AvgIpc) is 3.28. The fraction of sp³-hybridized carbons (Fsp3) is 0.316. The lowest BCUT2D eigenvalue weighted by atomic mass is 10.0. The summed E-state index contributed by atoms with van der Waals surface area (Å²) in [5, 5.41) is 12.8. The highest BCUT2D eigenvalue weighted by molar-refractivity contribution is 6.03. The Balaban J connectivity index is 1.72. The first-order valence-electron chi connectivity index (χ1n) is 9.42. The van der Waals surface area contributed by atoms with E-state index in [1.807, 2.05) is 0 Å². The van der Waals surface area contributed by atoms with Gasteiger partial charge in [-0.2, -0.15) is 0 Å². The summed E-state index contributed by atoms with van der Waals surface area (Å²) in [6, 6.07) is 3.76. The Morgan fingerprint density at radius 2 is 2.16 bits per heavy atom. The Morgan fingerprint density at radius 1 is 1.35 bits per heavy atom. The number of nitrogen functional groups attached to an aromatic ring is 1. The highest BCUT2D eigenvalue weighted by atomic mass is 19.1. The maximum Gasteiger partial charge on any atom is 0.282 e. The molecule has 1 aliphatic rings. The van der Waals surface area contributed by atoms with Crippen LogP contribution < -0.4 is 16.1 Å². The number of amides is 1. The number of aromatic nitrogens is 3. The van der Waals surface area contributed by atoms with E-state index in [9.17, 15) is 18.0 Å². The molecule has 164 valence electrons. The molecule has 1 aliphatic heterocycles. The molecule has 0 radical (unpaired) electrons. The van der Waals surface area contributed by atoms with E-state index in [2.05, 4.69) is 15.6 Å². The average molecular weight is 436 g/mol. The lowest BCUT2D eigenvalue weighted by Gasteiger charge is -2.26. The number of hydrogen-bond acceptors (Lipinski definition) is 7. The summed E-state index contributed by atoms with van der Waals surface area (Å²) in [6.45, 7) is -0.519. The molecule has 31 heavy (non-hydrogen) atoms. The molecule has 0 bridgehead atoms. The minimum Gasteiger partial charge on any atom is -0.394 e. The number of nitrogens with one attached hydrogen (secondary N) is 1. The molecule has 1 aromatic carbocycles. The second-order valence-corrected chi connectivity index (χ2v) is 6.98. The molecule has 3 heterocycles. The zero-order chi connectivity index (χ0) is 22.1. The van der Waals surface area contributed by atoms with Crippen molar-refractivity contribution in [3.05, 3.63) is 53.2 Å². The van der Waals surface area contributed by atoms with Crippen LogP contribution in [-0.4, -0.2) is 51.5 Å². The van der Waals surface area contributed by atoms with Crippen molar-refractivity contribution in [3.63, 3.8) is 0 Å². The van der Waals surface area contributed by atoms with Crippen molar-refractivity contribution >= 4 is 23.2 Å². The standard InChI is InChI=1S/C19H19F3N6O3/c20-10-1-2-13(22)12(7-10)14-8-11(21)9-27(14)15-3-4-28-18(24-15)16(17(23)25-28)19(30)26-31-6-5-29/h1-4,7,11,14,29H,5-6,8-9H2,(H2,23,25)(H,26,30)/t11-,14+/m0/s1. The molecule has 1 fully saturated rings. The SMILES string of the molecule is Nc1nn2ccc(N3C[C@@H](F)C[C@@H]3c3cc(F)ccc3F)nc2c1C(=O)NOCCO. The van der Waals surface area contributed by atoms with Crippen LogP contribution in [0.5, 0.6) is 0 Å². The van der Waals surface area contributed by atoms with Gasteiger partial charge in [0.2, 0.25) is 0 Å². The van der Waals surface area contributed by atoms with E-state index < -0.39 is 29.8 Å². The second-order valence-electron chi connectivity index (χ2n) is 6.98. The summed E-state index contributed by atoms with van der Waals surface area (Å²) in [5.74, 6) is -1.89. The van der Waals surface area contributed by atoms with Crippen molar-refractivity contribution in [2.45, 2.75) is 18.6 Å². The van der Waals surface area contributed by atoms with Gasteiger partial charge in [0, 0.05) is 18.2 Å². The van der Waals surface area contributed by atoms with Crippen LogP contribution in [0.25, 0.3) is 5.65 Å². The third-order valence-electron chi connectivity index (χ3n) is 4.94. The van der Waals surface area contributed by atoms with Crippen LogP contribution in [0.2, 0.25) is 0 Å². The fourth-order valence-electron chi connectivity index (χ4n) is 3.63. The highest BCUT2D eigenvalue weighted by Gasteiger charge is 2.36. The van der Waals surface area contributed by atoms with Gasteiger partial charge in [0.15, 0.2) is 11.5 Å². The van der Waals surface area contributed by atoms with Crippen LogP contribution in [0.1, 0.15) is 28.4 Å². The lowest BCUT2D eigenvalue weighted by Crippen LogP contribution is -2.27. The number of aliphatic hydroxyl groups is 1. The van der Waals surface area contributed by atoms with Gasteiger partial charge in [-0.3, -0.25) is 9.63 Å². The number of alkyl halides is 1. The molecule has 2 atom stereocenters. The summed E-state index contributed by atoms with van der Waals surface area (Å²) in [5.41, 5.74) is 7.97. The molecule has 4 rings (SSSR count). The molecule has 3 aromatic rings. The van der Waals surface area contributed by atoms with Crippen LogP contribution >= 0.6 is 0 Å². The predicted molar refractivity (Wildman–Crippen MR) is 104 cm³/mol. The van der Waals surface area contributed by atoms with Crippen molar-refractivity contribution in [1.82, 2.24) is 20.1 Å². The predicted octanol–water partition coefficient (Wildman–Crippen LogP) is 1.53. The van der Waals surface area contributed by atoms with Crippen LogP contribution in [0.4, 0.5) is 24.8 Å². The minimum absolute atomic E-state index is 0.0187. The third-order valence-corrected chi connectivity index (χ3v) is 4.94. The first-order valence-corrected chi connectivity index (χ1v) is 9.42. The van der Waals surface area contributed by atoms with Crippen molar-refractivity contribution in [2.24, 2.45) is 0 Å². The number of aliphatic hydroxyl groups excluding tert-OH is 1. The maximum absolute atomic E-state index is 14.4. The monoisotopic (exact) mass is 436 g/mol. The summed E-state index contributed by atoms with van der Waals surface area (Å²) >= 11 is 0. The Bertz CT molecular complexity index is 1120. The first-order chi connectivity index (χ1) is 14.9. The molecule has 1 saturated heterocycles. The van der Waals surface area contributed by atoms with Crippen LogP contribution in [0.15, 0.2) is 30.5 Å². The Kier molecular flexibility index (Phi) is 5.65. The fourth-order valence-corrected chi connectivity index (χ4v) is 3.63. The Labute approximate surface area is 174 Å². The van der Waals surface area contributed by atoms with Crippen LogP contribution in [0, 0.1) is 11.6 Å². The van der Waals surface area contributed by atoms with Gasteiger partial charge in [-0.1, -0.05) is 0 Å². The van der Waals surface area contributed by atoms with Crippen molar-refractivity contribution < 1.29 is 27.9 Å². The number of nitrogens with two attached hydrogens (primary N) is 1. The molecule has 0 unspecified atom stereocenters. The molecular formula is C19H19F3N6O3. The number of hydrogen-bond donors (Lipinski definition) is 3. The zero-order valence-electron chi connectivity index (χ0n) is 16.1. The summed E-state index contributed by atoms with van der Waals surface area (Å²) in [4.78, 5) is 23.1. The number of fused-ring (bicyclic) bond motifs is 1. The first kappa shape index (κ1) is 20.9. The summed E-state index contributed by atoms with van der Waals surface area (Å²) < 4.78 is 43.6. The molecule has 9 nitrogen and oxygen atoms in total. The number of anilines is 2.